The van der Waals surface area contributed by atoms with Gasteiger partial charge in [0.05, 0.1) is 38.2 Å². The fourth-order valence-electron chi connectivity index (χ4n) is 1.97. The highest BCUT2D eigenvalue weighted by Gasteiger charge is 2.27. The number of carbonyl (C=O) groups excluding carboxylic acids is 1. The molecule has 1 aromatic rings. The number of aromatic nitrogens is 1. The largest absolute Gasteiger partial charge is 0.495 e. The predicted molar refractivity (Wildman–Crippen MR) is 80.5 cm³/mol. The molecular formula is C13H18BrN3O4. The van der Waals surface area contributed by atoms with Crippen LogP contribution in [0.1, 0.15) is 6.92 Å². The van der Waals surface area contributed by atoms with Crippen LogP contribution in [-0.2, 0) is 4.74 Å². The van der Waals surface area contributed by atoms with Crippen molar-refractivity contribution in [3.8, 4) is 5.75 Å². The molecule has 7 nitrogen and oxygen atoms in total. The number of nitrogens with one attached hydrogen (secondary N) is 1. The Morgan fingerprint density at radius 2 is 2.48 bits per heavy atom. The van der Waals surface area contributed by atoms with E-state index in [1.54, 1.807) is 24.1 Å². The van der Waals surface area contributed by atoms with Gasteiger partial charge in [-0.2, -0.15) is 0 Å². The predicted octanol–water partition coefficient (Wildman–Crippen LogP) is 1.47. The van der Waals surface area contributed by atoms with Gasteiger partial charge in [0, 0.05) is 12.6 Å². The lowest BCUT2D eigenvalue weighted by atomic mass is 10.2. The summed E-state index contributed by atoms with van der Waals surface area (Å²) in [5.41, 5.74) is 0.527. The number of urea groups is 1. The highest BCUT2D eigenvalue weighted by molar-refractivity contribution is 9.10. The Balaban J connectivity index is 2.04. The second-order valence-electron chi connectivity index (χ2n) is 4.74. The highest BCUT2D eigenvalue weighted by atomic mass is 79.9. The summed E-state index contributed by atoms with van der Waals surface area (Å²) >= 11 is 3.28. The number of anilines is 1. The zero-order valence-electron chi connectivity index (χ0n) is 11.9. The topological polar surface area (TPSA) is 83.9 Å². The van der Waals surface area contributed by atoms with E-state index in [4.69, 9.17) is 9.47 Å². The summed E-state index contributed by atoms with van der Waals surface area (Å²) in [4.78, 5) is 18.0. The van der Waals surface area contributed by atoms with E-state index in [0.717, 1.165) is 0 Å². The number of methoxy groups -OCH3 is 1. The molecule has 2 unspecified atom stereocenters. The lowest BCUT2D eigenvalue weighted by Crippen LogP contribution is -2.50. The highest BCUT2D eigenvalue weighted by Crippen LogP contribution is 2.25. The number of nitrogens with zero attached hydrogens (tertiary/aromatic N) is 2. The maximum atomic E-state index is 12.3. The molecule has 2 atom stereocenters. The van der Waals surface area contributed by atoms with Gasteiger partial charge in [0.2, 0.25) is 0 Å². The quantitative estimate of drug-likeness (QED) is 0.798. The van der Waals surface area contributed by atoms with Crippen LogP contribution in [0.3, 0.4) is 0 Å². The van der Waals surface area contributed by atoms with Gasteiger partial charge < -0.3 is 24.8 Å². The Bertz CT molecular complexity index is 512. The van der Waals surface area contributed by atoms with E-state index in [9.17, 15) is 9.90 Å². The van der Waals surface area contributed by atoms with E-state index in [2.05, 4.69) is 26.2 Å². The second kappa shape index (κ2) is 7.06. The van der Waals surface area contributed by atoms with Gasteiger partial charge in [-0.05, 0) is 22.9 Å². The van der Waals surface area contributed by atoms with Crippen molar-refractivity contribution in [2.24, 2.45) is 0 Å². The van der Waals surface area contributed by atoms with Crippen LogP contribution in [0.15, 0.2) is 16.9 Å². The number of aliphatic hydroxyl groups excluding tert-OH is 1. The Kier molecular flexibility index (Phi) is 5.38. The van der Waals surface area contributed by atoms with Gasteiger partial charge in [0.25, 0.3) is 0 Å². The molecule has 1 aromatic heterocycles. The first-order chi connectivity index (χ1) is 10.0. The van der Waals surface area contributed by atoms with Crippen molar-refractivity contribution >= 4 is 27.6 Å². The van der Waals surface area contributed by atoms with Crippen molar-refractivity contribution < 1.29 is 19.4 Å². The van der Waals surface area contributed by atoms with Crippen molar-refractivity contribution in [1.29, 1.82) is 0 Å². The summed E-state index contributed by atoms with van der Waals surface area (Å²) in [5, 5.41) is 12.3. The number of hydrogen-bond donors (Lipinski definition) is 2. The number of halogens is 1. The van der Waals surface area contributed by atoms with Crippen LogP contribution in [0.4, 0.5) is 10.5 Å². The van der Waals surface area contributed by atoms with Crippen molar-refractivity contribution in [1.82, 2.24) is 9.88 Å². The van der Waals surface area contributed by atoms with E-state index in [0.29, 0.717) is 35.7 Å². The Morgan fingerprint density at radius 1 is 1.71 bits per heavy atom. The molecule has 0 radical (unpaired) electrons. The molecule has 0 bridgehead atoms. The molecule has 8 heteroatoms. The number of carbonyl (C=O) groups is 1. The van der Waals surface area contributed by atoms with Gasteiger partial charge >= 0.3 is 6.03 Å². The van der Waals surface area contributed by atoms with Crippen LogP contribution in [0.25, 0.3) is 0 Å². The molecule has 0 spiro atoms. The van der Waals surface area contributed by atoms with Crippen LogP contribution in [-0.4, -0.2) is 60.0 Å². The normalized spacial score (nSPS) is 20.0. The first kappa shape index (κ1) is 16.0. The first-order valence-corrected chi connectivity index (χ1v) is 7.35. The number of aliphatic hydroxyl groups is 1. The van der Waals surface area contributed by atoms with E-state index in [1.807, 2.05) is 0 Å². The first-order valence-electron chi connectivity index (χ1n) is 6.56. The van der Waals surface area contributed by atoms with Gasteiger partial charge in [-0.3, -0.25) is 0 Å². The van der Waals surface area contributed by atoms with Crippen molar-refractivity contribution in [3.05, 3.63) is 16.9 Å². The fraction of sp³-hybridized carbons (Fsp3) is 0.538. The fourth-order valence-corrected chi connectivity index (χ4v) is 2.29. The Morgan fingerprint density at radius 3 is 3.14 bits per heavy atom. The molecular weight excluding hydrogens is 342 g/mol. The van der Waals surface area contributed by atoms with Crippen LogP contribution in [0.2, 0.25) is 0 Å². The van der Waals surface area contributed by atoms with Crippen molar-refractivity contribution in [2.75, 3.05) is 32.1 Å². The summed E-state index contributed by atoms with van der Waals surface area (Å²) in [7, 11) is 1.53. The lowest BCUT2D eigenvalue weighted by molar-refractivity contribution is -0.0709. The van der Waals surface area contributed by atoms with Crippen molar-refractivity contribution in [2.45, 2.75) is 19.1 Å². The maximum absolute atomic E-state index is 12.3. The van der Waals surface area contributed by atoms with Gasteiger partial charge in [-0.1, -0.05) is 0 Å². The zero-order valence-corrected chi connectivity index (χ0v) is 13.5. The molecule has 0 aromatic carbocycles. The van der Waals surface area contributed by atoms with E-state index in [-0.39, 0.29) is 12.1 Å². The third kappa shape index (κ3) is 4.05. The molecule has 21 heavy (non-hydrogen) atoms. The summed E-state index contributed by atoms with van der Waals surface area (Å²) in [6.07, 6.45) is 0.569. The Labute approximate surface area is 131 Å². The number of ether oxygens (including phenoxy) is 2. The second-order valence-corrected chi connectivity index (χ2v) is 5.49. The minimum Gasteiger partial charge on any atom is -0.495 e. The summed E-state index contributed by atoms with van der Waals surface area (Å²) in [5.74, 6) is 0.553. The number of morpholine rings is 1. The van der Waals surface area contributed by atoms with Gasteiger partial charge in [-0.15, -0.1) is 0 Å². The molecule has 1 aliphatic heterocycles. The van der Waals surface area contributed by atoms with Crippen LogP contribution in [0.5, 0.6) is 5.75 Å². The lowest BCUT2D eigenvalue weighted by Gasteiger charge is -2.34. The van der Waals surface area contributed by atoms with Crippen molar-refractivity contribution in [3.63, 3.8) is 0 Å². The minimum atomic E-state index is -0.620. The molecule has 1 fully saturated rings. The van der Waals surface area contributed by atoms with Crippen LogP contribution in [0, 0.1) is 0 Å². The molecule has 0 aliphatic carbocycles. The molecule has 116 valence electrons. The number of amides is 2. The monoisotopic (exact) mass is 359 g/mol. The third-order valence-corrected chi connectivity index (χ3v) is 3.84. The molecule has 1 aliphatic rings. The van der Waals surface area contributed by atoms with E-state index >= 15 is 0 Å². The average molecular weight is 360 g/mol. The molecule has 2 heterocycles. The maximum Gasteiger partial charge on any atom is 0.322 e. The SMILES string of the molecule is COc1cnc(Br)c(NC(=O)N2CCOC(C(C)O)C2)c1. The van der Waals surface area contributed by atoms with E-state index < -0.39 is 6.10 Å². The van der Waals surface area contributed by atoms with Crippen LogP contribution >= 0.6 is 15.9 Å². The molecule has 2 rings (SSSR count). The molecule has 0 saturated carbocycles. The Hall–Kier alpha value is -1.38. The molecule has 2 N–H and O–H groups in total. The standard InChI is InChI=1S/C13H18BrN3O4/c1-8(18)11-7-17(3-4-21-11)13(19)16-10-5-9(20-2)6-15-12(10)14/h5-6,8,11,18H,3-4,7H2,1-2H3,(H,16,19). The molecule has 2 amide bonds. The van der Waals surface area contributed by atoms with Gasteiger partial charge in [-0.25, -0.2) is 9.78 Å². The summed E-state index contributed by atoms with van der Waals surface area (Å²) < 4.78 is 11.0. The van der Waals surface area contributed by atoms with Gasteiger partial charge in [0.15, 0.2) is 0 Å². The number of hydrogen-bond acceptors (Lipinski definition) is 5. The van der Waals surface area contributed by atoms with E-state index in [1.165, 1.54) is 7.11 Å². The molecule has 1 saturated heterocycles. The smallest absolute Gasteiger partial charge is 0.322 e. The van der Waals surface area contributed by atoms with Crippen LogP contribution < -0.4 is 10.1 Å². The third-order valence-electron chi connectivity index (χ3n) is 3.21. The summed E-state index contributed by atoms with van der Waals surface area (Å²) in [6.45, 7) is 2.87. The number of rotatable bonds is 3. The summed E-state index contributed by atoms with van der Waals surface area (Å²) in [6, 6.07) is 1.42. The minimum absolute atomic E-state index is 0.264. The number of pyridine rings is 1. The zero-order chi connectivity index (χ0) is 15.4. The average Bonchev–Trinajstić information content (AvgIpc) is 2.49. The van der Waals surface area contributed by atoms with Gasteiger partial charge in [0.1, 0.15) is 16.5 Å².